The zero-order valence-electron chi connectivity index (χ0n) is 15.4. The number of carbonyl (C=O) groups excluding carboxylic acids is 1. The van der Waals surface area contributed by atoms with E-state index in [1.165, 1.54) is 16.9 Å². The van der Waals surface area contributed by atoms with Crippen LogP contribution in [-0.2, 0) is 11.2 Å². The number of aromatic nitrogens is 1. The van der Waals surface area contributed by atoms with Crippen LogP contribution >= 0.6 is 36.2 Å². The molecule has 0 bridgehead atoms. The smallest absolute Gasteiger partial charge is 0.228 e. The van der Waals surface area contributed by atoms with Gasteiger partial charge in [-0.2, -0.15) is 0 Å². The first-order chi connectivity index (χ1) is 12.6. The van der Waals surface area contributed by atoms with Crippen molar-refractivity contribution in [3.8, 4) is 10.8 Å². The van der Waals surface area contributed by atoms with Crippen molar-refractivity contribution in [3.63, 3.8) is 0 Å². The Hall–Kier alpha value is -1.86. The Morgan fingerprint density at radius 3 is 2.64 bits per heavy atom. The van der Waals surface area contributed by atoms with Crippen LogP contribution in [0.3, 0.4) is 0 Å². The van der Waals surface area contributed by atoms with Crippen LogP contribution in [-0.4, -0.2) is 34.9 Å². The Kier molecular flexibility index (Phi) is 7.66. The largest absolute Gasteiger partial charge is 0.459 e. The van der Waals surface area contributed by atoms with Crippen molar-refractivity contribution in [1.29, 1.82) is 0 Å². The van der Waals surface area contributed by atoms with E-state index in [1.807, 2.05) is 47.5 Å². The third kappa shape index (κ3) is 4.75. The summed E-state index contributed by atoms with van der Waals surface area (Å²) in [5, 5.41) is 2.73. The number of nitrogens with zero attached hydrogens (tertiary/aromatic N) is 2. The van der Waals surface area contributed by atoms with Crippen LogP contribution in [0.2, 0.25) is 0 Å². The lowest BCUT2D eigenvalue weighted by Crippen LogP contribution is -2.33. The molecule has 1 aliphatic heterocycles. The van der Waals surface area contributed by atoms with E-state index >= 15 is 0 Å². The second kappa shape index (κ2) is 9.56. The van der Waals surface area contributed by atoms with Gasteiger partial charge in [0.2, 0.25) is 5.91 Å². The lowest BCUT2D eigenvalue weighted by atomic mass is 9.95. The number of amides is 1. The fourth-order valence-corrected chi connectivity index (χ4v) is 4.18. The van der Waals surface area contributed by atoms with Crippen molar-refractivity contribution in [2.75, 3.05) is 13.1 Å². The van der Waals surface area contributed by atoms with Crippen molar-refractivity contribution in [2.45, 2.75) is 25.3 Å². The quantitative estimate of drug-likeness (QED) is 0.665. The van der Waals surface area contributed by atoms with Gasteiger partial charge in [0.1, 0.15) is 5.76 Å². The van der Waals surface area contributed by atoms with Gasteiger partial charge in [0, 0.05) is 30.4 Å². The number of rotatable bonds is 4. The Morgan fingerprint density at radius 2 is 1.96 bits per heavy atom. The lowest BCUT2D eigenvalue weighted by molar-refractivity contribution is -0.129. The number of thiazole rings is 1. The highest BCUT2D eigenvalue weighted by Crippen LogP contribution is 2.28. The molecule has 2 atom stereocenters. The topological polar surface area (TPSA) is 72.4 Å². The van der Waals surface area contributed by atoms with E-state index in [2.05, 4.69) is 17.1 Å². The number of hydrogen-bond donors (Lipinski definition) is 1. The molecule has 4 rings (SSSR count). The molecule has 2 N–H and O–H groups in total. The van der Waals surface area contributed by atoms with E-state index in [1.54, 1.807) is 0 Å². The fourth-order valence-electron chi connectivity index (χ4n) is 3.40. The molecule has 5 nitrogen and oxygen atoms in total. The van der Waals surface area contributed by atoms with Gasteiger partial charge in [-0.25, -0.2) is 4.98 Å². The van der Waals surface area contributed by atoms with Gasteiger partial charge in [0.25, 0.3) is 0 Å². The molecule has 8 heteroatoms. The van der Waals surface area contributed by atoms with Gasteiger partial charge in [-0.3, -0.25) is 4.79 Å². The maximum atomic E-state index is 12.7. The Morgan fingerprint density at radius 1 is 1.21 bits per heavy atom. The van der Waals surface area contributed by atoms with Gasteiger partial charge < -0.3 is 15.1 Å². The summed E-state index contributed by atoms with van der Waals surface area (Å²) in [6.07, 6.45) is 0.296. The van der Waals surface area contributed by atoms with Gasteiger partial charge in [0.05, 0.1) is 12.1 Å². The van der Waals surface area contributed by atoms with E-state index in [-0.39, 0.29) is 42.7 Å². The molecular formula is C20H23Cl2N3O2S. The number of aryl methyl sites for hydroxylation is 1. The molecule has 2 aromatic heterocycles. The number of furan rings is 1. The summed E-state index contributed by atoms with van der Waals surface area (Å²) in [4.78, 5) is 19.1. The Labute approximate surface area is 180 Å². The number of hydrogen-bond acceptors (Lipinski definition) is 5. The van der Waals surface area contributed by atoms with Crippen LogP contribution in [0.15, 0.2) is 52.3 Å². The predicted molar refractivity (Wildman–Crippen MR) is 116 cm³/mol. The highest BCUT2D eigenvalue weighted by atomic mass is 35.5. The monoisotopic (exact) mass is 439 g/mol. The summed E-state index contributed by atoms with van der Waals surface area (Å²) in [5.41, 5.74) is 8.27. The first-order valence-electron chi connectivity index (χ1n) is 8.69. The van der Waals surface area contributed by atoms with Crippen LogP contribution in [0.5, 0.6) is 0 Å². The molecule has 1 saturated heterocycles. The summed E-state index contributed by atoms with van der Waals surface area (Å²) in [6.45, 7) is 3.16. The highest BCUT2D eigenvalue weighted by molar-refractivity contribution is 7.13. The summed E-state index contributed by atoms with van der Waals surface area (Å²) < 4.78 is 5.60. The normalized spacial score (nSPS) is 18.4. The first kappa shape index (κ1) is 22.4. The van der Waals surface area contributed by atoms with Gasteiger partial charge in [0.15, 0.2) is 10.8 Å². The van der Waals surface area contributed by atoms with Crippen molar-refractivity contribution in [3.05, 3.63) is 64.9 Å². The zero-order chi connectivity index (χ0) is 18.1. The Bertz CT molecular complexity index is 913. The van der Waals surface area contributed by atoms with E-state index in [0.717, 1.165) is 22.2 Å². The second-order valence-electron chi connectivity index (χ2n) is 6.71. The minimum Gasteiger partial charge on any atom is -0.459 e. The molecule has 1 amide bonds. The van der Waals surface area contributed by atoms with Crippen LogP contribution in [0.1, 0.15) is 22.9 Å². The maximum absolute atomic E-state index is 12.7. The average Bonchev–Trinajstić information content (AvgIpc) is 3.35. The molecule has 3 heterocycles. The minimum absolute atomic E-state index is 0. The van der Waals surface area contributed by atoms with Gasteiger partial charge in [-0.1, -0.05) is 30.3 Å². The van der Waals surface area contributed by atoms with E-state index < -0.39 is 0 Å². The van der Waals surface area contributed by atoms with Crippen LogP contribution in [0.25, 0.3) is 10.8 Å². The number of halogens is 2. The van der Waals surface area contributed by atoms with Gasteiger partial charge >= 0.3 is 0 Å². The van der Waals surface area contributed by atoms with Crippen molar-refractivity contribution in [1.82, 2.24) is 9.88 Å². The molecular weight excluding hydrogens is 417 g/mol. The SMILES string of the molecule is Cc1ccc(-c2nc(CC(=O)N3C[C@@H](N)[C@H](c4ccccc4)C3)cs2)o1.Cl.Cl. The third-order valence-electron chi connectivity index (χ3n) is 4.78. The average molecular weight is 440 g/mol. The van der Waals surface area contributed by atoms with Gasteiger partial charge in [-0.15, -0.1) is 36.2 Å². The second-order valence-corrected chi connectivity index (χ2v) is 7.57. The van der Waals surface area contributed by atoms with Crippen molar-refractivity contribution in [2.24, 2.45) is 5.73 Å². The molecule has 28 heavy (non-hydrogen) atoms. The van der Waals surface area contributed by atoms with E-state index in [4.69, 9.17) is 10.2 Å². The Balaban J connectivity index is 0.00000140. The van der Waals surface area contributed by atoms with Crippen molar-refractivity contribution < 1.29 is 9.21 Å². The maximum Gasteiger partial charge on any atom is 0.228 e. The lowest BCUT2D eigenvalue weighted by Gasteiger charge is -2.16. The molecule has 0 aliphatic carbocycles. The standard InChI is InChI=1S/C20H21N3O2S.2ClH/c1-13-7-8-18(25-13)20-22-15(12-26-20)9-19(24)23-10-16(17(21)11-23)14-5-3-2-4-6-14;;/h2-8,12,16-17H,9-11,21H2,1H3;2*1H/t16-,17+;;/m0../s1. The number of nitrogens with two attached hydrogens (primary N) is 1. The third-order valence-corrected chi connectivity index (χ3v) is 5.69. The predicted octanol–water partition coefficient (Wildman–Crippen LogP) is 4.05. The molecule has 0 radical (unpaired) electrons. The van der Waals surface area contributed by atoms with E-state index in [9.17, 15) is 4.79 Å². The summed E-state index contributed by atoms with van der Waals surface area (Å²) in [7, 11) is 0. The van der Waals surface area contributed by atoms with Crippen LogP contribution in [0, 0.1) is 6.92 Å². The summed E-state index contributed by atoms with van der Waals surface area (Å²) in [5.74, 6) is 1.87. The van der Waals surface area contributed by atoms with Crippen molar-refractivity contribution >= 4 is 42.1 Å². The number of likely N-dealkylation sites (tertiary alicyclic amines) is 1. The molecule has 0 unspecified atom stereocenters. The molecule has 1 aromatic carbocycles. The number of benzene rings is 1. The van der Waals surface area contributed by atoms with Crippen LogP contribution in [0.4, 0.5) is 0 Å². The molecule has 150 valence electrons. The highest BCUT2D eigenvalue weighted by Gasteiger charge is 2.33. The molecule has 1 aliphatic rings. The fraction of sp³-hybridized carbons (Fsp3) is 0.300. The van der Waals surface area contributed by atoms with E-state index in [0.29, 0.717) is 19.5 Å². The molecule has 0 saturated carbocycles. The van der Waals surface area contributed by atoms with Crippen LogP contribution < -0.4 is 5.73 Å². The molecule has 1 fully saturated rings. The first-order valence-corrected chi connectivity index (χ1v) is 9.57. The van der Waals surface area contributed by atoms with Gasteiger partial charge in [-0.05, 0) is 24.6 Å². The summed E-state index contributed by atoms with van der Waals surface area (Å²) in [6, 6.07) is 14.0. The zero-order valence-corrected chi connectivity index (χ0v) is 17.9. The molecule has 0 spiro atoms. The molecule has 3 aromatic rings. The number of carbonyl (C=O) groups is 1. The summed E-state index contributed by atoms with van der Waals surface area (Å²) >= 11 is 1.50. The minimum atomic E-state index is -0.0292.